The van der Waals surface area contributed by atoms with Crippen LogP contribution in [0.5, 0.6) is 0 Å². The third kappa shape index (κ3) is 2.41. The molecule has 3 heterocycles. The molecule has 3 nitrogen and oxygen atoms in total. The van der Waals surface area contributed by atoms with E-state index in [1.54, 1.807) is 0 Å². The maximum absolute atomic E-state index is 4.68. The van der Waals surface area contributed by atoms with Crippen molar-refractivity contribution in [1.82, 2.24) is 9.88 Å². The molecule has 0 aromatic carbocycles. The minimum Gasteiger partial charge on any atom is -0.355 e. The summed E-state index contributed by atoms with van der Waals surface area (Å²) in [6, 6.07) is 4.99. The Kier molecular flexibility index (Phi) is 3.57. The maximum Gasteiger partial charge on any atom is 0.128 e. The van der Waals surface area contributed by atoms with Crippen LogP contribution in [0, 0.1) is 6.92 Å². The van der Waals surface area contributed by atoms with Gasteiger partial charge in [0.05, 0.1) is 5.69 Å². The van der Waals surface area contributed by atoms with Crippen LogP contribution in [-0.2, 0) is 0 Å². The van der Waals surface area contributed by atoms with Gasteiger partial charge < -0.3 is 4.90 Å². The first-order valence-corrected chi connectivity index (χ1v) is 7.65. The van der Waals surface area contributed by atoms with Crippen molar-refractivity contribution in [2.75, 3.05) is 31.1 Å². The molecular weight excluding hydrogens is 290 g/mol. The van der Waals surface area contributed by atoms with Gasteiger partial charge in [0.1, 0.15) is 5.82 Å². The van der Waals surface area contributed by atoms with Crippen LogP contribution in [-0.4, -0.2) is 42.1 Å². The Balaban J connectivity index is 1.69. The van der Waals surface area contributed by atoms with Gasteiger partial charge in [-0.25, -0.2) is 4.98 Å². The highest BCUT2D eigenvalue weighted by atomic mass is 79.9. The van der Waals surface area contributed by atoms with Gasteiger partial charge in [-0.3, -0.25) is 4.90 Å². The first kappa shape index (κ1) is 12.4. The molecule has 3 rings (SSSR count). The van der Waals surface area contributed by atoms with E-state index in [1.807, 2.05) is 0 Å². The average Bonchev–Trinajstić information content (AvgIpc) is 3.01. The van der Waals surface area contributed by atoms with E-state index < -0.39 is 0 Å². The van der Waals surface area contributed by atoms with Crippen molar-refractivity contribution in [2.45, 2.75) is 32.2 Å². The number of aromatic nitrogens is 1. The molecule has 0 N–H and O–H groups in total. The maximum atomic E-state index is 4.68. The van der Waals surface area contributed by atoms with Crippen molar-refractivity contribution in [2.24, 2.45) is 0 Å². The highest BCUT2D eigenvalue weighted by Crippen LogP contribution is 2.25. The highest BCUT2D eigenvalue weighted by Gasteiger charge is 2.29. The van der Waals surface area contributed by atoms with Gasteiger partial charge in [0.15, 0.2) is 0 Å². The molecule has 1 unspecified atom stereocenters. The van der Waals surface area contributed by atoms with Crippen LogP contribution < -0.4 is 4.90 Å². The average molecular weight is 310 g/mol. The number of hydrogen-bond acceptors (Lipinski definition) is 3. The first-order valence-electron chi connectivity index (χ1n) is 6.86. The van der Waals surface area contributed by atoms with E-state index in [1.165, 1.54) is 32.4 Å². The monoisotopic (exact) mass is 309 g/mol. The van der Waals surface area contributed by atoms with Gasteiger partial charge in [-0.15, -0.1) is 0 Å². The Bertz CT molecular complexity index is 429. The van der Waals surface area contributed by atoms with Crippen LogP contribution in [0.2, 0.25) is 0 Å². The van der Waals surface area contributed by atoms with E-state index in [-0.39, 0.29) is 0 Å². The number of aryl methyl sites for hydroxylation is 1. The summed E-state index contributed by atoms with van der Waals surface area (Å²) in [5.41, 5.74) is 1.08. The third-order valence-corrected chi connectivity index (χ3v) is 4.99. The summed E-state index contributed by atoms with van der Waals surface area (Å²) in [4.78, 5) is 9.77. The van der Waals surface area contributed by atoms with Crippen LogP contribution >= 0.6 is 15.9 Å². The van der Waals surface area contributed by atoms with Crippen LogP contribution in [0.3, 0.4) is 0 Å². The Morgan fingerprint density at radius 1 is 1.22 bits per heavy atom. The van der Waals surface area contributed by atoms with Crippen molar-refractivity contribution in [3.05, 3.63) is 22.3 Å². The molecule has 4 heteroatoms. The van der Waals surface area contributed by atoms with Gasteiger partial charge in [-0.05, 0) is 67.3 Å². The molecule has 0 saturated carbocycles. The fourth-order valence-electron chi connectivity index (χ4n) is 3.06. The largest absolute Gasteiger partial charge is 0.355 e. The number of likely N-dealkylation sites (tertiary alicyclic amines) is 1. The van der Waals surface area contributed by atoms with Crippen molar-refractivity contribution >= 4 is 21.7 Å². The second kappa shape index (κ2) is 5.17. The predicted molar refractivity (Wildman–Crippen MR) is 78.1 cm³/mol. The molecule has 0 spiro atoms. The predicted octanol–water partition coefficient (Wildman–Crippen LogP) is 2.83. The Labute approximate surface area is 117 Å². The lowest BCUT2D eigenvalue weighted by Crippen LogP contribution is -2.35. The van der Waals surface area contributed by atoms with Crippen molar-refractivity contribution in [3.63, 3.8) is 0 Å². The van der Waals surface area contributed by atoms with Gasteiger partial charge in [0, 0.05) is 23.6 Å². The van der Waals surface area contributed by atoms with Gasteiger partial charge in [0.25, 0.3) is 0 Å². The molecule has 0 aliphatic carbocycles. The highest BCUT2D eigenvalue weighted by molar-refractivity contribution is 9.10. The molecule has 1 aromatic rings. The fourth-order valence-corrected chi connectivity index (χ4v) is 3.28. The Hall–Kier alpha value is -0.610. The first-order chi connectivity index (χ1) is 8.74. The van der Waals surface area contributed by atoms with Gasteiger partial charge in [-0.1, -0.05) is 0 Å². The molecule has 1 aromatic heterocycles. The van der Waals surface area contributed by atoms with Crippen molar-refractivity contribution in [3.8, 4) is 0 Å². The normalized spacial score (nSPS) is 25.0. The van der Waals surface area contributed by atoms with E-state index in [2.05, 4.69) is 49.8 Å². The summed E-state index contributed by atoms with van der Waals surface area (Å²) in [5.74, 6) is 1.14. The smallest absolute Gasteiger partial charge is 0.128 e. The lowest BCUT2D eigenvalue weighted by Gasteiger charge is -2.24. The zero-order valence-electron chi connectivity index (χ0n) is 10.9. The van der Waals surface area contributed by atoms with Crippen LogP contribution in [0.1, 0.15) is 25.0 Å². The van der Waals surface area contributed by atoms with Gasteiger partial charge >= 0.3 is 0 Å². The molecule has 98 valence electrons. The lowest BCUT2D eigenvalue weighted by molar-refractivity contribution is 0.260. The number of nitrogens with zero attached hydrogens (tertiary/aromatic N) is 3. The Morgan fingerprint density at radius 3 is 2.72 bits per heavy atom. The number of pyridine rings is 1. The number of rotatable bonds is 2. The quantitative estimate of drug-likeness (QED) is 0.837. The third-order valence-electron chi connectivity index (χ3n) is 4.15. The molecule has 0 amide bonds. The molecule has 2 saturated heterocycles. The van der Waals surface area contributed by atoms with E-state index in [9.17, 15) is 0 Å². The molecule has 0 radical (unpaired) electrons. The Morgan fingerprint density at radius 2 is 2.00 bits per heavy atom. The summed E-state index contributed by atoms with van der Waals surface area (Å²) in [5, 5.41) is 0. The standard InChI is InChI=1S/C14H20BrN3/c1-11-13(15)4-5-14(16-11)18-9-6-12(10-18)17-7-2-3-8-17/h4-5,12H,2-3,6-10H2,1H3. The molecule has 1 atom stereocenters. The van der Waals surface area contributed by atoms with E-state index in [0.717, 1.165) is 35.1 Å². The lowest BCUT2D eigenvalue weighted by atomic mass is 10.2. The number of halogens is 1. The number of anilines is 1. The zero-order valence-corrected chi connectivity index (χ0v) is 12.5. The topological polar surface area (TPSA) is 19.4 Å². The van der Waals surface area contributed by atoms with Gasteiger partial charge in [0.2, 0.25) is 0 Å². The summed E-state index contributed by atoms with van der Waals surface area (Å²) < 4.78 is 1.10. The van der Waals surface area contributed by atoms with Crippen molar-refractivity contribution in [1.29, 1.82) is 0 Å². The number of hydrogen-bond donors (Lipinski definition) is 0. The minimum atomic E-state index is 0.748. The summed E-state index contributed by atoms with van der Waals surface area (Å²) in [7, 11) is 0. The molecule has 2 aliphatic heterocycles. The minimum absolute atomic E-state index is 0.748. The summed E-state index contributed by atoms with van der Waals surface area (Å²) in [6.07, 6.45) is 4.05. The van der Waals surface area contributed by atoms with Crippen LogP contribution in [0.25, 0.3) is 0 Å². The van der Waals surface area contributed by atoms with Crippen molar-refractivity contribution < 1.29 is 0 Å². The second-order valence-electron chi connectivity index (χ2n) is 5.37. The molecule has 18 heavy (non-hydrogen) atoms. The molecule has 2 fully saturated rings. The summed E-state index contributed by atoms with van der Waals surface area (Å²) >= 11 is 3.51. The van der Waals surface area contributed by atoms with Gasteiger partial charge in [-0.2, -0.15) is 0 Å². The molecule has 2 aliphatic rings. The molecular formula is C14H20BrN3. The zero-order chi connectivity index (χ0) is 12.5. The second-order valence-corrected chi connectivity index (χ2v) is 6.22. The summed E-state index contributed by atoms with van der Waals surface area (Å²) in [6.45, 7) is 6.95. The van der Waals surface area contributed by atoms with Crippen LogP contribution in [0.15, 0.2) is 16.6 Å². The van der Waals surface area contributed by atoms with Crippen LogP contribution in [0.4, 0.5) is 5.82 Å². The van der Waals surface area contributed by atoms with E-state index in [4.69, 9.17) is 0 Å². The SMILES string of the molecule is Cc1nc(N2CCC(N3CCCC3)C2)ccc1Br. The molecule has 0 bridgehead atoms. The van der Waals surface area contributed by atoms with E-state index in [0.29, 0.717) is 0 Å². The van der Waals surface area contributed by atoms with E-state index >= 15 is 0 Å². The fraction of sp³-hybridized carbons (Fsp3) is 0.643.